The highest BCUT2D eigenvalue weighted by Gasteiger charge is 2.48. The minimum Gasteiger partial charge on any atom is -0.444 e. The first-order valence-electron chi connectivity index (χ1n) is 11.8. The van der Waals surface area contributed by atoms with Crippen LogP contribution in [0, 0.1) is 0 Å². The molecule has 2 aliphatic rings. The molecule has 0 aliphatic carbocycles. The number of alkyl carbamates (subject to hydrolysis) is 1. The van der Waals surface area contributed by atoms with Crippen LogP contribution in [0.5, 0.6) is 0 Å². The molecule has 2 aliphatic heterocycles. The van der Waals surface area contributed by atoms with Gasteiger partial charge in [0.1, 0.15) is 11.6 Å². The summed E-state index contributed by atoms with van der Waals surface area (Å²) in [6, 6.07) is 17.9. The average molecular weight is 530 g/mol. The minimum absolute atomic E-state index is 0.0360. The van der Waals surface area contributed by atoms with Crippen LogP contribution in [0.15, 0.2) is 65.7 Å². The van der Waals surface area contributed by atoms with Gasteiger partial charge in [0.15, 0.2) is 15.0 Å². The topological polar surface area (TPSA) is 105 Å². The Balaban J connectivity index is 1.59. The maximum atomic E-state index is 13.4. The lowest BCUT2D eigenvalue weighted by Gasteiger charge is -2.25. The van der Waals surface area contributed by atoms with Gasteiger partial charge in [0, 0.05) is 18.2 Å². The molecule has 0 bridgehead atoms. The number of nitrogens with zero attached hydrogens (tertiary/aromatic N) is 2. The Bertz CT molecular complexity index is 1230. The van der Waals surface area contributed by atoms with Gasteiger partial charge in [-0.15, -0.1) is 0 Å². The second-order valence-corrected chi connectivity index (χ2v) is 13.4. The lowest BCUT2D eigenvalue weighted by Crippen LogP contribution is -2.45. The molecule has 192 valence electrons. The van der Waals surface area contributed by atoms with Gasteiger partial charge in [-0.2, -0.15) is 4.99 Å². The van der Waals surface area contributed by atoms with Gasteiger partial charge >= 0.3 is 6.09 Å². The lowest BCUT2D eigenvalue weighted by atomic mass is 10.1. The number of carbonyl (C=O) groups excluding carboxylic acids is 2. The zero-order valence-corrected chi connectivity index (χ0v) is 22.2. The first-order chi connectivity index (χ1) is 17.0. The number of hydrogen-bond acceptors (Lipinski definition) is 6. The van der Waals surface area contributed by atoms with Crippen molar-refractivity contribution in [2.24, 2.45) is 4.99 Å². The van der Waals surface area contributed by atoms with Gasteiger partial charge < -0.3 is 15.0 Å². The van der Waals surface area contributed by atoms with Crippen LogP contribution in [0.3, 0.4) is 0 Å². The Morgan fingerprint density at radius 2 is 1.67 bits per heavy atom. The van der Waals surface area contributed by atoms with Crippen molar-refractivity contribution < 1.29 is 22.7 Å². The van der Waals surface area contributed by atoms with E-state index in [1.807, 2.05) is 65.6 Å². The number of nitrogens with one attached hydrogen (secondary N) is 1. The van der Waals surface area contributed by atoms with E-state index in [0.717, 1.165) is 11.1 Å². The molecule has 2 aromatic carbocycles. The van der Waals surface area contributed by atoms with Gasteiger partial charge in [0.25, 0.3) is 5.91 Å². The number of hydrogen-bond donors (Lipinski definition) is 1. The van der Waals surface area contributed by atoms with E-state index < -0.39 is 33.5 Å². The van der Waals surface area contributed by atoms with Gasteiger partial charge in [-0.05, 0) is 31.9 Å². The molecule has 1 N–H and O–H groups in total. The number of ether oxygens (including phenoxy) is 1. The number of rotatable bonds is 6. The second kappa shape index (κ2) is 10.6. The highest BCUT2D eigenvalue weighted by molar-refractivity contribution is 8.15. The third-order valence-corrected chi connectivity index (χ3v) is 9.10. The summed E-state index contributed by atoms with van der Waals surface area (Å²) in [6.45, 7) is 5.71. The molecule has 2 heterocycles. The molecule has 8 nitrogen and oxygen atoms in total. The molecular formula is C26H31N3O5S2. The maximum Gasteiger partial charge on any atom is 0.408 e. The summed E-state index contributed by atoms with van der Waals surface area (Å²) in [6.07, 6.45) is -0.444. The van der Waals surface area contributed by atoms with E-state index in [0.29, 0.717) is 11.7 Å². The highest BCUT2D eigenvalue weighted by Crippen LogP contribution is 2.39. The summed E-state index contributed by atoms with van der Waals surface area (Å²) in [5, 5.41) is 2.98. The number of carbonyl (C=O) groups is 2. The number of amidine groups is 1. The SMILES string of the molecule is CC(C)(C)OC(=O)N[C@H](Cc1ccccc1)C(=O)N=C1S[C@H]2CS(=O)(=O)C[C@@H]2N1Cc1ccccc1. The molecule has 2 fully saturated rings. The number of amides is 2. The summed E-state index contributed by atoms with van der Waals surface area (Å²) in [7, 11) is -3.15. The number of sulfone groups is 1. The van der Waals surface area contributed by atoms with Gasteiger partial charge in [0.05, 0.1) is 17.5 Å². The van der Waals surface area contributed by atoms with Gasteiger partial charge in [-0.1, -0.05) is 72.4 Å². The summed E-state index contributed by atoms with van der Waals surface area (Å²) in [5.74, 6) is -0.410. The number of benzene rings is 2. The van der Waals surface area contributed by atoms with Crippen LogP contribution in [0.4, 0.5) is 4.79 Å². The second-order valence-electron chi connectivity index (χ2n) is 10.0. The predicted molar refractivity (Wildman–Crippen MR) is 142 cm³/mol. The molecule has 10 heteroatoms. The Morgan fingerprint density at radius 3 is 2.28 bits per heavy atom. The Morgan fingerprint density at radius 1 is 1.06 bits per heavy atom. The van der Waals surface area contributed by atoms with Crippen LogP contribution in [-0.2, 0) is 32.3 Å². The third kappa shape index (κ3) is 6.88. The van der Waals surface area contributed by atoms with E-state index in [9.17, 15) is 18.0 Å². The van der Waals surface area contributed by atoms with Gasteiger partial charge in [0.2, 0.25) is 0 Å². The summed E-state index contributed by atoms with van der Waals surface area (Å²) < 4.78 is 30.0. The lowest BCUT2D eigenvalue weighted by molar-refractivity contribution is -0.119. The number of thioether (sulfide) groups is 1. The summed E-state index contributed by atoms with van der Waals surface area (Å²) in [5.41, 5.74) is 1.15. The monoisotopic (exact) mass is 529 g/mol. The van der Waals surface area contributed by atoms with E-state index in [-0.39, 0.29) is 29.2 Å². The highest BCUT2D eigenvalue weighted by atomic mass is 32.2. The van der Waals surface area contributed by atoms with Crippen molar-refractivity contribution in [2.75, 3.05) is 11.5 Å². The van der Waals surface area contributed by atoms with Crippen molar-refractivity contribution >= 4 is 38.8 Å². The fourth-order valence-electron chi connectivity index (χ4n) is 4.27. The smallest absolute Gasteiger partial charge is 0.408 e. The molecule has 4 rings (SSSR count). The van der Waals surface area contributed by atoms with Crippen molar-refractivity contribution in [1.82, 2.24) is 10.2 Å². The van der Waals surface area contributed by atoms with E-state index in [1.54, 1.807) is 20.8 Å². The molecule has 0 unspecified atom stereocenters. The van der Waals surface area contributed by atoms with Crippen LogP contribution in [-0.4, -0.2) is 64.9 Å². The standard InChI is InChI=1S/C26H31N3O5S2/c1-26(2,3)34-25(31)27-20(14-18-10-6-4-7-11-18)23(30)28-24-29(15-19-12-8-5-9-13-19)21-16-36(32,33)17-22(21)35-24/h4-13,20-22H,14-17H2,1-3H3,(H,27,31)/t20-,21+,22+/m1/s1. The van der Waals surface area contributed by atoms with Crippen LogP contribution in [0.1, 0.15) is 31.9 Å². The Labute approximate surface area is 216 Å². The fraction of sp³-hybridized carbons (Fsp3) is 0.423. The van der Waals surface area contributed by atoms with Crippen molar-refractivity contribution in [3.8, 4) is 0 Å². The average Bonchev–Trinajstić information content (AvgIpc) is 3.25. The van der Waals surface area contributed by atoms with E-state index >= 15 is 0 Å². The molecule has 0 spiro atoms. The molecule has 36 heavy (non-hydrogen) atoms. The quantitative estimate of drug-likeness (QED) is 0.611. The van der Waals surface area contributed by atoms with Crippen LogP contribution in [0.2, 0.25) is 0 Å². The van der Waals surface area contributed by atoms with Crippen molar-refractivity contribution in [2.45, 2.75) is 56.7 Å². The first-order valence-corrected chi connectivity index (χ1v) is 14.5. The zero-order valence-electron chi connectivity index (χ0n) is 20.6. The molecule has 2 saturated heterocycles. The molecule has 2 amide bonds. The van der Waals surface area contributed by atoms with Gasteiger partial charge in [-0.3, -0.25) is 4.79 Å². The first kappa shape index (κ1) is 26.2. The largest absolute Gasteiger partial charge is 0.444 e. The van der Waals surface area contributed by atoms with Crippen LogP contribution < -0.4 is 5.32 Å². The maximum absolute atomic E-state index is 13.4. The predicted octanol–water partition coefficient (Wildman–Crippen LogP) is 3.42. The van der Waals surface area contributed by atoms with E-state index in [1.165, 1.54) is 11.8 Å². The van der Waals surface area contributed by atoms with Crippen LogP contribution >= 0.6 is 11.8 Å². The van der Waals surface area contributed by atoms with Crippen LogP contribution in [0.25, 0.3) is 0 Å². The molecule has 0 aromatic heterocycles. The molecular weight excluding hydrogens is 498 g/mol. The molecule has 3 atom stereocenters. The van der Waals surface area contributed by atoms with Gasteiger partial charge in [-0.25, -0.2) is 13.2 Å². The van der Waals surface area contributed by atoms with E-state index in [2.05, 4.69) is 10.3 Å². The van der Waals surface area contributed by atoms with Crippen molar-refractivity contribution in [3.05, 3.63) is 71.8 Å². The summed E-state index contributed by atoms with van der Waals surface area (Å²) in [4.78, 5) is 32.3. The summed E-state index contributed by atoms with van der Waals surface area (Å²) >= 11 is 1.32. The number of aliphatic imine (C=N–C) groups is 1. The van der Waals surface area contributed by atoms with Crippen molar-refractivity contribution in [3.63, 3.8) is 0 Å². The van der Waals surface area contributed by atoms with Crippen molar-refractivity contribution in [1.29, 1.82) is 0 Å². The molecule has 0 saturated carbocycles. The Kier molecular flexibility index (Phi) is 7.75. The van der Waals surface area contributed by atoms with E-state index in [4.69, 9.17) is 4.74 Å². The number of fused-ring (bicyclic) bond motifs is 1. The zero-order chi connectivity index (χ0) is 25.9. The normalized spacial score (nSPS) is 22.8. The fourth-order valence-corrected chi connectivity index (χ4v) is 8.23. The molecule has 0 radical (unpaired) electrons. The Hall–Kier alpha value is -2.85. The third-order valence-electron chi connectivity index (χ3n) is 5.85. The minimum atomic E-state index is -3.15. The molecule has 2 aromatic rings.